The Hall–Kier alpha value is -2.28. The topological polar surface area (TPSA) is 68.3 Å². The summed E-state index contributed by atoms with van der Waals surface area (Å²) in [6, 6.07) is 8.99. The molecule has 7 nitrogen and oxygen atoms in total. The second kappa shape index (κ2) is 8.39. The second-order valence-electron chi connectivity index (χ2n) is 8.40. The number of hydrogen-bond acceptors (Lipinski definition) is 4. The third-order valence-electron chi connectivity index (χ3n) is 6.19. The van der Waals surface area contributed by atoms with Crippen LogP contribution in [0.15, 0.2) is 24.3 Å². The van der Waals surface area contributed by atoms with Crippen molar-refractivity contribution in [1.29, 1.82) is 0 Å². The van der Waals surface area contributed by atoms with Gasteiger partial charge in [-0.2, -0.15) is 4.80 Å². The lowest BCUT2D eigenvalue weighted by molar-refractivity contribution is -0.901. The van der Waals surface area contributed by atoms with E-state index in [2.05, 4.69) is 53.5 Å². The number of hydrogen-bond donors (Lipinski definition) is 1. The molecule has 3 heterocycles. The first-order chi connectivity index (χ1) is 13.6. The fourth-order valence-corrected chi connectivity index (χ4v) is 4.65. The maximum atomic E-state index is 12.7. The van der Waals surface area contributed by atoms with Crippen LogP contribution in [0, 0.1) is 0 Å². The van der Waals surface area contributed by atoms with Crippen LogP contribution in [0.3, 0.4) is 0 Å². The molecule has 4 rings (SSSR count). The molecule has 2 saturated heterocycles. The van der Waals surface area contributed by atoms with E-state index >= 15 is 0 Å². The molecule has 0 aliphatic carbocycles. The Morgan fingerprint density at radius 2 is 1.75 bits per heavy atom. The average Bonchev–Trinajstić information content (AvgIpc) is 3.34. The predicted molar refractivity (Wildman–Crippen MR) is 107 cm³/mol. The molecule has 1 aromatic heterocycles. The number of piperidine rings is 1. The Bertz CT molecular complexity index is 785. The third-order valence-corrected chi connectivity index (χ3v) is 6.19. The van der Waals surface area contributed by atoms with Gasteiger partial charge in [0.05, 0.1) is 13.1 Å². The van der Waals surface area contributed by atoms with Gasteiger partial charge in [0, 0.05) is 36.1 Å². The van der Waals surface area contributed by atoms with Gasteiger partial charge in [-0.05, 0) is 38.3 Å². The molecule has 1 N–H and O–H groups in total. The number of quaternary nitrogens is 1. The highest BCUT2D eigenvalue weighted by atomic mass is 16.2. The summed E-state index contributed by atoms with van der Waals surface area (Å²) < 4.78 is 0. The smallest absolute Gasteiger partial charge is 0.246 e. The summed E-state index contributed by atoms with van der Waals surface area (Å²) in [5.74, 6) is 0.653. The molecule has 2 atom stereocenters. The lowest BCUT2D eigenvalue weighted by Gasteiger charge is -2.38. The fraction of sp³-hybridized carbons (Fsp3) is 0.619. The molecule has 7 heteroatoms. The Morgan fingerprint density at radius 3 is 2.43 bits per heavy atom. The molecule has 1 amide bonds. The van der Waals surface area contributed by atoms with Crippen LogP contribution in [0.2, 0.25) is 0 Å². The van der Waals surface area contributed by atoms with E-state index in [1.165, 1.54) is 42.7 Å². The highest BCUT2D eigenvalue weighted by Crippen LogP contribution is 2.23. The number of carbonyl (C=O) groups is 1. The molecule has 0 bridgehead atoms. The maximum Gasteiger partial charge on any atom is 0.246 e. The number of tetrazole rings is 1. The first-order valence-electron chi connectivity index (χ1n) is 10.6. The lowest BCUT2D eigenvalue weighted by Crippen LogP contribution is -3.08. The van der Waals surface area contributed by atoms with E-state index in [4.69, 9.17) is 0 Å². The average molecular weight is 384 g/mol. The molecule has 28 heavy (non-hydrogen) atoms. The zero-order valence-corrected chi connectivity index (χ0v) is 17.0. The van der Waals surface area contributed by atoms with Crippen LogP contribution in [0.4, 0.5) is 0 Å². The number of likely N-dealkylation sites (tertiary alicyclic amines) is 2. The van der Waals surface area contributed by atoms with Gasteiger partial charge in [0.2, 0.25) is 11.7 Å². The van der Waals surface area contributed by atoms with E-state index < -0.39 is 0 Å². The first kappa shape index (κ1) is 19.1. The number of rotatable bonds is 5. The summed E-state index contributed by atoms with van der Waals surface area (Å²) in [4.78, 5) is 17.8. The van der Waals surface area contributed by atoms with Crippen molar-refractivity contribution in [2.75, 3.05) is 13.1 Å². The van der Waals surface area contributed by atoms with Gasteiger partial charge in [0.15, 0.2) is 0 Å². The largest absolute Gasteiger partial charge is 0.336 e. The molecule has 2 aliphatic heterocycles. The molecule has 0 saturated carbocycles. The summed E-state index contributed by atoms with van der Waals surface area (Å²) in [5, 5.41) is 12.7. The van der Waals surface area contributed by atoms with Crippen LogP contribution < -0.4 is 4.90 Å². The molecular formula is C21H31N6O+. The first-order valence-corrected chi connectivity index (χ1v) is 10.6. The Kier molecular flexibility index (Phi) is 5.71. The zero-order valence-electron chi connectivity index (χ0n) is 17.0. The monoisotopic (exact) mass is 383 g/mol. The van der Waals surface area contributed by atoms with Gasteiger partial charge in [-0.25, -0.2) is 0 Å². The summed E-state index contributed by atoms with van der Waals surface area (Å²) in [6.45, 7) is 8.04. The van der Waals surface area contributed by atoms with E-state index in [0.717, 1.165) is 24.9 Å². The van der Waals surface area contributed by atoms with Crippen molar-refractivity contribution in [1.82, 2.24) is 25.1 Å². The SMILES string of the molecule is C[C@@H]1CCC[C@H](C)N1C(=O)Cn1nnc(-c2ccc(C[NH+]3CCCC3)cc2)n1. The summed E-state index contributed by atoms with van der Waals surface area (Å²) in [6.07, 6.45) is 6.00. The highest BCUT2D eigenvalue weighted by molar-refractivity contribution is 5.76. The lowest BCUT2D eigenvalue weighted by atomic mass is 9.97. The van der Waals surface area contributed by atoms with Crippen molar-refractivity contribution in [3.63, 3.8) is 0 Å². The number of nitrogens with one attached hydrogen (secondary N) is 1. The summed E-state index contributed by atoms with van der Waals surface area (Å²) >= 11 is 0. The summed E-state index contributed by atoms with van der Waals surface area (Å²) in [5.41, 5.74) is 2.29. The number of carbonyl (C=O) groups excluding carboxylic acids is 1. The van der Waals surface area contributed by atoms with Gasteiger partial charge in [-0.1, -0.05) is 24.3 Å². The van der Waals surface area contributed by atoms with Crippen LogP contribution in [0.25, 0.3) is 11.4 Å². The molecule has 150 valence electrons. The van der Waals surface area contributed by atoms with Gasteiger partial charge < -0.3 is 9.80 Å². The van der Waals surface area contributed by atoms with Crippen molar-refractivity contribution in [2.45, 2.75) is 71.1 Å². The van der Waals surface area contributed by atoms with E-state index in [9.17, 15) is 4.79 Å². The Balaban J connectivity index is 1.39. The molecular weight excluding hydrogens is 352 g/mol. The molecule has 2 fully saturated rings. The number of amides is 1. The van der Waals surface area contributed by atoms with Crippen molar-refractivity contribution in [3.05, 3.63) is 29.8 Å². The van der Waals surface area contributed by atoms with Crippen molar-refractivity contribution < 1.29 is 9.69 Å². The maximum absolute atomic E-state index is 12.7. The van der Waals surface area contributed by atoms with Crippen molar-refractivity contribution >= 4 is 5.91 Å². The minimum atomic E-state index is 0.0765. The van der Waals surface area contributed by atoms with E-state index in [-0.39, 0.29) is 24.5 Å². The van der Waals surface area contributed by atoms with Gasteiger partial charge in [0.1, 0.15) is 13.1 Å². The molecule has 0 radical (unpaired) electrons. The van der Waals surface area contributed by atoms with Gasteiger partial charge >= 0.3 is 0 Å². The van der Waals surface area contributed by atoms with Crippen LogP contribution >= 0.6 is 0 Å². The van der Waals surface area contributed by atoms with E-state index in [1.807, 2.05) is 4.90 Å². The molecule has 1 aromatic carbocycles. The Labute approximate surface area is 166 Å². The van der Waals surface area contributed by atoms with Gasteiger partial charge in [-0.15, -0.1) is 10.2 Å². The number of benzene rings is 1. The molecule has 2 aromatic rings. The highest BCUT2D eigenvalue weighted by Gasteiger charge is 2.29. The van der Waals surface area contributed by atoms with E-state index in [0.29, 0.717) is 5.82 Å². The van der Waals surface area contributed by atoms with Crippen LogP contribution in [-0.4, -0.2) is 56.2 Å². The second-order valence-corrected chi connectivity index (χ2v) is 8.40. The van der Waals surface area contributed by atoms with Crippen molar-refractivity contribution in [3.8, 4) is 11.4 Å². The van der Waals surface area contributed by atoms with Crippen LogP contribution in [0.1, 0.15) is 51.5 Å². The van der Waals surface area contributed by atoms with Gasteiger partial charge in [0.25, 0.3) is 0 Å². The normalized spacial score (nSPS) is 23.3. The molecule has 0 unspecified atom stereocenters. The Morgan fingerprint density at radius 1 is 1.07 bits per heavy atom. The fourth-order valence-electron chi connectivity index (χ4n) is 4.65. The molecule has 0 spiro atoms. The number of nitrogens with zero attached hydrogens (tertiary/aromatic N) is 5. The number of aromatic nitrogens is 4. The van der Waals surface area contributed by atoms with Crippen molar-refractivity contribution in [2.24, 2.45) is 0 Å². The summed E-state index contributed by atoms with van der Waals surface area (Å²) in [7, 11) is 0. The standard InChI is InChI=1S/C21H30N6O/c1-16-6-5-7-17(2)27(16)20(28)15-26-23-21(22-24-26)19-10-8-18(9-11-19)14-25-12-3-4-13-25/h8-11,16-17H,3-7,12-15H2,1-2H3/p+1/t16-,17+. The zero-order chi connectivity index (χ0) is 19.5. The predicted octanol–water partition coefficient (Wildman–Crippen LogP) is 1.31. The third kappa shape index (κ3) is 4.24. The van der Waals surface area contributed by atoms with Crippen LogP contribution in [0.5, 0.6) is 0 Å². The van der Waals surface area contributed by atoms with Crippen LogP contribution in [-0.2, 0) is 17.9 Å². The minimum Gasteiger partial charge on any atom is -0.336 e. The quantitative estimate of drug-likeness (QED) is 0.845. The molecule has 2 aliphatic rings. The van der Waals surface area contributed by atoms with Gasteiger partial charge in [-0.3, -0.25) is 4.79 Å². The van der Waals surface area contributed by atoms with E-state index in [1.54, 1.807) is 4.90 Å². The minimum absolute atomic E-state index is 0.0765.